The number of rotatable bonds is 8. The van der Waals surface area contributed by atoms with Crippen LogP contribution in [-0.4, -0.2) is 66.4 Å². The molecule has 178 valence electrons. The van der Waals surface area contributed by atoms with Crippen molar-refractivity contribution in [2.75, 3.05) is 26.8 Å². The van der Waals surface area contributed by atoms with Gasteiger partial charge < -0.3 is 19.3 Å². The maximum absolute atomic E-state index is 12.9. The number of hydrogen-bond donors (Lipinski definition) is 1. The number of amides is 2. The largest absolute Gasteiger partial charge is 0.494 e. The van der Waals surface area contributed by atoms with Crippen LogP contribution in [0.2, 0.25) is 0 Å². The van der Waals surface area contributed by atoms with Crippen molar-refractivity contribution in [3.05, 3.63) is 23.8 Å². The van der Waals surface area contributed by atoms with Gasteiger partial charge in [-0.2, -0.15) is 0 Å². The highest BCUT2D eigenvalue weighted by atomic mass is 16.5. The summed E-state index contributed by atoms with van der Waals surface area (Å²) in [5.41, 5.74) is 1.83. The van der Waals surface area contributed by atoms with Gasteiger partial charge in [-0.25, -0.2) is 4.99 Å². The minimum Gasteiger partial charge on any atom is -0.494 e. The zero-order valence-corrected chi connectivity index (χ0v) is 19.3. The molecule has 33 heavy (non-hydrogen) atoms. The molecule has 2 heterocycles. The second-order valence-electron chi connectivity index (χ2n) is 8.85. The van der Waals surface area contributed by atoms with E-state index in [-0.39, 0.29) is 36.4 Å². The molecule has 1 aromatic carbocycles. The quantitative estimate of drug-likeness (QED) is 0.477. The van der Waals surface area contributed by atoms with Gasteiger partial charge >= 0.3 is 5.97 Å². The zero-order valence-electron chi connectivity index (χ0n) is 19.3. The summed E-state index contributed by atoms with van der Waals surface area (Å²) in [4.78, 5) is 44.6. The van der Waals surface area contributed by atoms with E-state index in [2.05, 4.69) is 10.3 Å². The summed E-state index contributed by atoms with van der Waals surface area (Å²) in [6, 6.07) is 5.83. The van der Waals surface area contributed by atoms with Crippen LogP contribution in [0.3, 0.4) is 0 Å². The number of guanidine groups is 1. The molecule has 1 aromatic rings. The van der Waals surface area contributed by atoms with Gasteiger partial charge in [-0.05, 0) is 44.4 Å². The molecule has 0 bridgehead atoms. The van der Waals surface area contributed by atoms with Crippen LogP contribution in [0.15, 0.2) is 23.2 Å². The van der Waals surface area contributed by atoms with Crippen LogP contribution in [0, 0.1) is 0 Å². The Hall–Kier alpha value is -3.10. The molecule has 1 saturated heterocycles. The average Bonchev–Trinajstić information content (AvgIpc) is 3.21. The van der Waals surface area contributed by atoms with Crippen LogP contribution in [0.1, 0.15) is 63.5 Å². The minimum atomic E-state index is -0.380. The van der Waals surface area contributed by atoms with Crippen molar-refractivity contribution in [3.63, 3.8) is 0 Å². The maximum Gasteiger partial charge on any atom is 0.325 e. The molecule has 1 aliphatic carbocycles. The van der Waals surface area contributed by atoms with Gasteiger partial charge in [-0.3, -0.25) is 19.7 Å². The summed E-state index contributed by atoms with van der Waals surface area (Å²) in [5, 5.41) is 2.78. The fourth-order valence-corrected chi connectivity index (χ4v) is 4.79. The molecule has 3 aliphatic rings. The predicted octanol–water partition coefficient (Wildman–Crippen LogP) is 2.67. The molecule has 9 nitrogen and oxygen atoms in total. The van der Waals surface area contributed by atoms with Crippen molar-refractivity contribution in [1.29, 1.82) is 0 Å². The molecular formula is C24H32N4O5. The van der Waals surface area contributed by atoms with Crippen LogP contribution in [-0.2, 0) is 19.1 Å². The van der Waals surface area contributed by atoms with Gasteiger partial charge in [-0.1, -0.05) is 19.3 Å². The first-order valence-corrected chi connectivity index (χ1v) is 11.7. The smallest absolute Gasteiger partial charge is 0.325 e. The van der Waals surface area contributed by atoms with Gasteiger partial charge in [0.1, 0.15) is 18.8 Å². The van der Waals surface area contributed by atoms with Crippen LogP contribution in [0.5, 0.6) is 5.75 Å². The summed E-state index contributed by atoms with van der Waals surface area (Å²) in [6.45, 7) is 2.75. The number of aliphatic imine (C=N–C) groups is 1. The fraction of sp³-hybridized carbons (Fsp3) is 0.583. The molecule has 2 aliphatic heterocycles. The molecule has 1 unspecified atom stereocenters. The summed E-state index contributed by atoms with van der Waals surface area (Å²) < 4.78 is 10.7. The molecule has 1 N–H and O–H groups in total. The molecular weight excluding hydrogens is 424 g/mol. The van der Waals surface area contributed by atoms with Crippen LogP contribution < -0.4 is 10.1 Å². The monoisotopic (exact) mass is 456 g/mol. The molecule has 2 fully saturated rings. The molecule has 1 saturated carbocycles. The van der Waals surface area contributed by atoms with E-state index in [9.17, 15) is 14.4 Å². The number of nitrogens with zero attached hydrogens (tertiary/aromatic N) is 3. The van der Waals surface area contributed by atoms with Gasteiger partial charge in [0, 0.05) is 18.0 Å². The number of fused-ring (bicyclic) bond motifs is 2. The van der Waals surface area contributed by atoms with E-state index < -0.39 is 0 Å². The number of esters is 1. The number of ether oxygens (including phenoxy) is 2. The van der Waals surface area contributed by atoms with Crippen molar-refractivity contribution in [2.45, 2.75) is 64.0 Å². The summed E-state index contributed by atoms with van der Waals surface area (Å²) >= 11 is 0. The summed E-state index contributed by atoms with van der Waals surface area (Å²) in [5.74, 6) is 0.853. The van der Waals surface area contributed by atoms with Crippen molar-refractivity contribution in [3.8, 4) is 5.75 Å². The number of nitrogens with one attached hydrogen (secondary N) is 1. The average molecular weight is 457 g/mol. The van der Waals surface area contributed by atoms with E-state index in [1.807, 2.05) is 30.0 Å². The number of carbonyl (C=O) groups excluding carboxylic acids is 3. The van der Waals surface area contributed by atoms with E-state index in [1.54, 1.807) is 4.90 Å². The Morgan fingerprint density at radius 3 is 2.79 bits per heavy atom. The molecule has 2 amide bonds. The topological polar surface area (TPSA) is 101 Å². The lowest BCUT2D eigenvalue weighted by Crippen LogP contribution is -2.44. The van der Waals surface area contributed by atoms with Crippen LogP contribution >= 0.6 is 0 Å². The van der Waals surface area contributed by atoms with Gasteiger partial charge in [-0.15, -0.1) is 0 Å². The lowest BCUT2D eigenvalue weighted by molar-refractivity contribution is -0.149. The van der Waals surface area contributed by atoms with E-state index >= 15 is 0 Å². The summed E-state index contributed by atoms with van der Waals surface area (Å²) in [6.07, 6.45) is 6.11. The lowest BCUT2D eigenvalue weighted by atomic mass is 9.94. The molecule has 4 rings (SSSR count). The Kier molecular flexibility index (Phi) is 7.15. The third-order valence-electron chi connectivity index (χ3n) is 6.65. The van der Waals surface area contributed by atoms with Gasteiger partial charge in [0.15, 0.2) is 0 Å². The number of benzene rings is 1. The van der Waals surface area contributed by atoms with E-state index in [0.29, 0.717) is 37.7 Å². The third kappa shape index (κ3) is 5.29. The first-order chi connectivity index (χ1) is 16.0. The second kappa shape index (κ2) is 10.2. The molecule has 1 atom stereocenters. The predicted molar refractivity (Wildman–Crippen MR) is 122 cm³/mol. The number of methoxy groups -OCH3 is 1. The Balaban J connectivity index is 1.31. The Bertz CT molecular complexity index is 941. The van der Waals surface area contributed by atoms with E-state index in [4.69, 9.17) is 9.47 Å². The van der Waals surface area contributed by atoms with Crippen LogP contribution in [0.25, 0.3) is 0 Å². The normalized spacial score (nSPS) is 19.8. The SMILES string of the molecule is COC(=O)CN(C(=O)CCCOc1ccc2c(c1)C(C)N1CC(=O)NC1=N2)C1CCCCC1. The van der Waals surface area contributed by atoms with Gasteiger partial charge in [0.2, 0.25) is 17.8 Å². The molecule has 0 aromatic heterocycles. The van der Waals surface area contributed by atoms with Crippen molar-refractivity contribution < 1.29 is 23.9 Å². The maximum atomic E-state index is 12.9. The highest BCUT2D eigenvalue weighted by molar-refractivity contribution is 6.06. The van der Waals surface area contributed by atoms with Gasteiger partial charge in [0.05, 0.1) is 25.4 Å². The van der Waals surface area contributed by atoms with E-state index in [0.717, 1.165) is 36.9 Å². The first-order valence-electron chi connectivity index (χ1n) is 11.7. The Labute approximate surface area is 194 Å². The van der Waals surface area contributed by atoms with E-state index in [1.165, 1.54) is 13.5 Å². The lowest BCUT2D eigenvalue weighted by Gasteiger charge is -2.33. The van der Waals surface area contributed by atoms with Crippen LogP contribution in [0.4, 0.5) is 5.69 Å². The highest BCUT2D eigenvalue weighted by Gasteiger charge is 2.34. The van der Waals surface area contributed by atoms with Crippen molar-refractivity contribution >= 4 is 29.4 Å². The zero-order chi connectivity index (χ0) is 23.4. The molecule has 0 radical (unpaired) electrons. The standard InChI is InChI=1S/C24H32N4O5/c1-16-19-13-18(10-11-20(19)25-24-26-21(29)14-27(16)24)33-12-6-9-22(30)28(15-23(31)32-2)17-7-4-3-5-8-17/h10-11,13,16-17H,3-9,12,14-15H2,1-2H3,(H,25,26,29). The summed E-state index contributed by atoms with van der Waals surface area (Å²) in [7, 11) is 1.35. The van der Waals surface area contributed by atoms with Crippen molar-refractivity contribution in [1.82, 2.24) is 15.1 Å². The van der Waals surface area contributed by atoms with Crippen molar-refractivity contribution in [2.24, 2.45) is 4.99 Å². The highest BCUT2D eigenvalue weighted by Crippen LogP contribution is 2.37. The minimum absolute atomic E-state index is 0.0129. The number of hydrogen-bond acceptors (Lipinski definition) is 7. The Morgan fingerprint density at radius 2 is 2.03 bits per heavy atom. The van der Waals surface area contributed by atoms with Gasteiger partial charge in [0.25, 0.3) is 0 Å². The first kappa shape index (κ1) is 23.1. The fourth-order valence-electron chi connectivity index (χ4n) is 4.79. The second-order valence-corrected chi connectivity index (χ2v) is 8.85. The Morgan fingerprint density at radius 1 is 1.24 bits per heavy atom. The molecule has 0 spiro atoms. The molecule has 9 heteroatoms. The number of carbonyl (C=O) groups is 3. The third-order valence-corrected chi connectivity index (χ3v) is 6.65.